The topological polar surface area (TPSA) is 143 Å². The van der Waals surface area contributed by atoms with Gasteiger partial charge in [0.25, 0.3) is 0 Å². The Hall–Kier alpha value is -0.144. The molecule has 0 aromatic heterocycles. The van der Waals surface area contributed by atoms with Gasteiger partial charge in [-0.2, -0.15) is 0 Å². The van der Waals surface area contributed by atoms with Gasteiger partial charge < -0.3 is 0 Å². The first-order valence-electron chi connectivity index (χ1n) is 16.4. The molecule has 0 heterocycles. The molecule has 0 amide bonds. The van der Waals surface area contributed by atoms with Crippen LogP contribution in [0.1, 0.15) is 120 Å². The Bertz CT molecular complexity index is 733. The molecule has 0 radical (unpaired) electrons. The quantitative estimate of drug-likeness (QED) is 0.125. The molecular weight excluding hydrogens is 892 g/mol. The molecule has 0 saturated carbocycles. The Balaban J connectivity index is -0.000000238. The van der Waals surface area contributed by atoms with Crippen molar-refractivity contribution in [2.75, 3.05) is 0 Å². The molecule has 0 saturated heterocycles. The maximum absolute atomic E-state index is 8.58. The van der Waals surface area contributed by atoms with Crippen LogP contribution in [-0.2, 0) is 10.7 Å². The van der Waals surface area contributed by atoms with Crippen molar-refractivity contribution in [1.82, 2.24) is 0 Å². The third kappa shape index (κ3) is 20.6. The first-order chi connectivity index (χ1) is 20.5. The maximum atomic E-state index is 8.58. The van der Waals surface area contributed by atoms with Crippen molar-refractivity contribution in [1.29, 1.82) is 31.6 Å². The van der Waals surface area contributed by atoms with Gasteiger partial charge in [-0.25, -0.2) is 0 Å². The van der Waals surface area contributed by atoms with Crippen LogP contribution in [0, 0.1) is 61.4 Å². The summed E-state index contributed by atoms with van der Waals surface area (Å²) in [6, 6.07) is 0. The summed E-state index contributed by atoms with van der Waals surface area (Å²) in [7, 11) is -6.17. The van der Waals surface area contributed by atoms with E-state index in [4.69, 9.17) is 31.6 Å². The molecule has 10 heteroatoms. The zero-order valence-corrected chi connectivity index (χ0v) is 38.9. The molecule has 0 spiro atoms. The van der Waals surface area contributed by atoms with Crippen LogP contribution in [0.3, 0.4) is 0 Å². The van der Waals surface area contributed by atoms with E-state index >= 15 is 0 Å². The standard InChI is InChI=1S/9C3H7.6CN.Fe.3Sn/c9*1-3-2;6*1-2;;;;/h9*1,3H2,2H3;;;;;;;;;;/q;;;;;;;;;;;;;;;-3;3*+1. The molecule has 0 N–H and O–H groups in total. The SMILES string of the molecule is CC[CH2][Sn+]([CH2]CC)[CH2]CC.CC[CH2][Sn+]([CH2]CC)[CH2]CC.CC[CH2][Sn+]([CH2]CC)[CH2]CC.N#[C][Fe-3]([C]#N)([C]#N)([C]#N)([C]#N)[C]#N. The Kier molecular flexibility index (Phi) is 35.3. The van der Waals surface area contributed by atoms with Crippen molar-refractivity contribution in [3.8, 4) is 29.8 Å². The van der Waals surface area contributed by atoms with E-state index in [1.54, 1.807) is 39.9 Å². The molecule has 0 rings (SSSR count). The third-order valence-electron chi connectivity index (χ3n) is 6.62. The van der Waals surface area contributed by atoms with Gasteiger partial charge in [0.15, 0.2) is 0 Å². The predicted octanol–water partition coefficient (Wildman–Crippen LogP) is 11.2. The third-order valence-corrected chi connectivity index (χ3v) is 41.3. The van der Waals surface area contributed by atoms with Crippen molar-refractivity contribution in [2.45, 2.75) is 160 Å². The van der Waals surface area contributed by atoms with Gasteiger partial charge in [-0.05, 0) is 0 Å². The summed E-state index contributed by atoms with van der Waals surface area (Å²) in [5.41, 5.74) is 0. The van der Waals surface area contributed by atoms with Gasteiger partial charge in [0.05, 0.1) is 0 Å². The minimum absolute atomic E-state index is 0.759. The molecule has 0 fully saturated rings. The van der Waals surface area contributed by atoms with E-state index < -0.39 is 70.0 Å². The van der Waals surface area contributed by atoms with E-state index in [2.05, 4.69) is 62.3 Å². The fourth-order valence-corrected chi connectivity index (χ4v) is 30.0. The van der Waals surface area contributed by atoms with E-state index in [0.717, 1.165) is 29.8 Å². The van der Waals surface area contributed by atoms with Crippen molar-refractivity contribution in [2.24, 2.45) is 0 Å². The number of hydrogen-bond donors (Lipinski definition) is 0. The fraction of sp³-hybridized carbons (Fsp3) is 0.818. The van der Waals surface area contributed by atoms with Crippen molar-refractivity contribution in [3.05, 3.63) is 0 Å². The average molecular weight is 956 g/mol. The van der Waals surface area contributed by atoms with Gasteiger partial charge in [-0.1, -0.05) is 0 Å². The number of nitriles is 6. The normalized spacial score (nSPS) is 11.0. The predicted molar refractivity (Wildman–Crippen MR) is 187 cm³/mol. The molecule has 43 heavy (non-hydrogen) atoms. The van der Waals surface area contributed by atoms with Crippen molar-refractivity contribution < 1.29 is 10.7 Å². The number of hydrogen-bond acceptors (Lipinski definition) is 6. The number of nitrogens with zero attached hydrogens (tertiary/aromatic N) is 6. The second-order valence-electron chi connectivity index (χ2n) is 10.8. The van der Waals surface area contributed by atoms with Gasteiger partial charge in [-0.15, -0.1) is 0 Å². The van der Waals surface area contributed by atoms with E-state index in [9.17, 15) is 0 Å². The molecule has 0 aliphatic carbocycles. The van der Waals surface area contributed by atoms with Crippen LogP contribution in [-0.4, -0.2) is 59.3 Å². The Morgan fingerprint density at radius 1 is 0.302 bits per heavy atom. The van der Waals surface area contributed by atoms with Crippen LogP contribution in [0.5, 0.6) is 0 Å². The molecule has 0 aromatic carbocycles. The minimum atomic E-state index is -6.17. The summed E-state index contributed by atoms with van der Waals surface area (Å²) in [4.78, 5) is 6.19. The zero-order valence-electron chi connectivity index (χ0n) is 29.3. The second kappa shape index (κ2) is 30.5. The van der Waals surface area contributed by atoms with Crippen LogP contribution in [0.25, 0.3) is 0 Å². The van der Waals surface area contributed by atoms with Crippen LogP contribution >= 0.6 is 0 Å². The van der Waals surface area contributed by atoms with Gasteiger partial charge in [0, 0.05) is 0 Å². The van der Waals surface area contributed by atoms with Gasteiger partial charge in [0.2, 0.25) is 0 Å². The first-order valence-corrected chi connectivity index (χ1v) is 37.9. The second-order valence-corrected chi connectivity index (χ2v) is 42.1. The summed E-state index contributed by atoms with van der Waals surface area (Å²) in [5, 5.41) is 51.5. The molecule has 0 unspecified atom stereocenters. The molecule has 0 bridgehead atoms. The van der Waals surface area contributed by atoms with E-state index in [-0.39, 0.29) is 0 Å². The summed E-state index contributed by atoms with van der Waals surface area (Å²) in [5.74, 6) is 0. The Morgan fingerprint density at radius 2 is 0.419 bits per heavy atom. The monoisotopic (exact) mass is 959 g/mol. The van der Waals surface area contributed by atoms with Gasteiger partial charge in [0.1, 0.15) is 0 Å². The summed E-state index contributed by atoms with van der Waals surface area (Å²) in [6.45, 7) is 21.1. The number of rotatable bonds is 18. The van der Waals surface area contributed by atoms with Crippen LogP contribution < -0.4 is 0 Å². The summed E-state index contributed by atoms with van der Waals surface area (Å²) >= 11 is -2.28. The van der Waals surface area contributed by atoms with E-state index in [1.165, 1.54) is 57.8 Å². The van der Waals surface area contributed by atoms with E-state index in [1.807, 2.05) is 0 Å². The summed E-state index contributed by atoms with van der Waals surface area (Å²) < 4.78 is 14.8. The van der Waals surface area contributed by atoms with Crippen molar-refractivity contribution in [3.63, 3.8) is 0 Å². The van der Waals surface area contributed by atoms with Crippen LogP contribution in [0.4, 0.5) is 0 Å². The summed E-state index contributed by atoms with van der Waals surface area (Å²) in [6.07, 6.45) is 13.1. The molecule has 0 aliphatic heterocycles. The Labute approximate surface area is 288 Å². The van der Waals surface area contributed by atoms with Gasteiger partial charge >= 0.3 is 291 Å². The van der Waals surface area contributed by atoms with E-state index in [0.29, 0.717) is 0 Å². The van der Waals surface area contributed by atoms with Gasteiger partial charge in [-0.3, -0.25) is 0 Å². The van der Waals surface area contributed by atoms with Crippen molar-refractivity contribution >= 4 is 59.3 Å². The molecule has 0 aliphatic rings. The zero-order chi connectivity index (χ0) is 34.1. The molecule has 6 nitrogen and oxygen atoms in total. The molecule has 0 atom stereocenters. The van der Waals surface area contributed by atoms with Crippen LogP contribution in [0.15, 0.2) is 0 Å². The first kappa shape index (κ1) is 49.7. The molecular formula is C33H63FeN6Sn3. The molecule has 245 valence electrons. The average Bonchev–Trinajstić information content (AvgIpc) is 3.02. The fourth-order valence-electron chi connectivity index (χ4n) is 4.57. The van der Waals surface area contributed by atoms with Crippen LogP contribution in [0.2, 0.25) is 39.9 Å². The molecule has 0 aromatic rings. The Morgan fingerprint density at radius 3 is 0.465 bits per heavy atom.